The molecule has 4 rings (SSSR count). The van der Waals surface area contributed by atoms with Gasteiger partial charge >= 0.3 is 12.1 Å². The van der Waals surface area contributed by atoms with Gasteiger partial charge in [-0.3, -0.25) is 0 Å². The lowest BCUT2D eigenvalue weighted by molar-refractivity contribution is -0.137. The molecule has 0 fully saturated rings. The summed E-state index contributed by atoms with van der Waals surface area (Å²) < 4.78 is 49.7. The Morgan fingerprint density at radius 3 is 2.06 bits per heavy atom. The largest absolute Gasteiger partial charge is 0.456 e. The normalized spacial score (nSPS) is 11.3. The van der Waals surface area contributed by atoms with Crippen molar-refractivity contribution < 1.29 is 27.1 Å². The number of ether oxygens (including phenoxy) is 1. The summed E-state index contributed by atoms with van der Waals surface area (Å²) in [6, 6.07) is 22.4. The minimum Gasteiger partial charge on any atom is -0.456 e. The Bertz CT molecular complexity index is 1170. The Morgan fingerprint density at radius 1 is 0.839 bits per heavy atom. The molecular weight excluding hydrogens is 407 g/mol. The summed E-state index contributed by atoms with van der Waals surface area (Å²) in [5.41, 5.74) is 0.890. The van der Waals surface area contributed by atoms with Gasteiger partial charge in [0.05, 0.1) is 5.56 Å². The number of nitrogens with zero attached hydrogens (tertiary/aromatic N) is 1. The van der Waals surface area contributed by atoms with E-state index in [1.54, 1.807) is 24.3 Å². The number of aromatic nitrogens is 1. The van der Waals surface area contributed by atoms with Crippen LogP contribution in [0.4, 0.5) is 13.2 Å². The van der Waals surface area contributed by atoms with Gasteiger partial charge in [0, 0.05) is 11.1 Å². The monoisotopic (exact) mass is 423 g/mol. The number of alkyl halides is 3. The van der Waals surface area contributed by atoms with E-state index >= 15 is 0 Å². The van der Waals surface area contributed by atoms with E-state index in [9.17, 15) is 18.0 Å². The van der Waals surface area contributed by atoms with E-state index in [1.165, 1.54) is 12.1 Å². The molecule has 3 aromatic carbocycles. The summed E-state index contributed by atoms with van der Waals surface area (Å²) in [5, 5.41) is 0. The number of halogens is 3. The topological polar surface area (TPSA) is 52.3 Å². The summed E-state index contributed by atoms with van der Waals surface area (Å²) in [6.07, 6.45) is -4.45. The highest BCUT2D eigenvalue weighted by Gasteiger charge is 2.30. The number of oxazole rings is 1. The maximum Gasteiger partial charge on any atom is 0.416 e. The van der Waals surface area contributed by atoms with Crippen LogP contribution in [0.3, 0.4) is 0 Å². The van der Waals surface area contributed by atoms with Gasteiger partial charge < -0.3 is 9.15 Å². The van der Waals surface area contributed by atoms with E-state index in [0.717, 1.165) is 17.7 Å². The zero-order valence-corrected chi connectivity index (χ0v) is 16.1. The molecule has 0 bridgehead atoms. The van der Waals surface area contributed by atoms with E-state index in [-0.39, 0.29) is 24.0 Å². The molecule has 0 aliphatic rings. The fourth-order valence-corrected chi connectivity index (χ4v) is 2.96. The van der Waals surface area contributed by atoms with Crippen LogP contribution in [0.15, 0.2) is 89.3 Å². The van der Waals surface area contributed by atoms with Crippen molar-refractivity contribution in [2.24, 2.45) is 0 Å². The minimum absolute atomic E-state index is 0.0271. The number of carbonyl (C=O) groups excluding carboxylic acids is 1. The lowest BCUT2D eigenvalue weighted by Crippen LogP contribution is -2.07. The minimum atomic E-state index is -4.45. The van der Waals surface area contributed by atoms with Gasteiger partial charge in [0.15, 0.2) is 11.5 Å². The molecule has 1 heterocycles. The van der Waals surface area contributed by atoms with Crippen molar-refractivity contribution in [2.45, 2.75) is 12.8 Å². The molecule has 0 saturated carbocycles. The Kier molecular flexibility index (Phi) is 5.58. The third-order valence-electron chi connectivity index (χ3n) is 4.53. The second kappa shape index (κ2) is 8.47. The van der Waals surface area contributed by atoms with E-state index in [4.69, 9.17) is 9.15 Å². The molecule has 0 radical (unpaired) electrons. The molecule has 0 atom stereocenters. The van der Waals surface area contributed by atoms with Crippen LogP contribution in [0.25, 0.3) is 22.8 Å². The molecule has 0 unspecified atom stereocenters. The first kappa shape index (κ1) is 20.4. The molecule has 0 spiro atoms. The fraction of sp³-hybridized carbons (Fsp3) is 0.0833. The molecule has 0 amide bonds. The van der Waals surface area contributed by atoms with Gasteiger partial charge in [0.1, 0.15) is 6.61 Å². The molecule has 0 aliphatic heterocycles. The van der Waals surface area contributed by atoms with E-state index in [0.29, 0.717) is 11.1 Å². The number of hydrogen-bond acceptors (Lipinski definition) is 4. The van der Waals surface area contributed by atoms with Gasteiger partial charge in [-0.1, -0.05) is 60.7 Å². The highest BCUT2D eigenvalue weighted by atomic mass is 19.4. The first-order chi connectivity index (χ1) is 14.9. The highest BCUT2D eigenvalue weighted by molar-refractivity contribution is 5.94. The number of hydrogen-bond donors (Lipinski definition) is 0. The summed E-state index contributed by atoms with van der Waals surface area (Å²) in [5.74, 6) is -0.475. The van der Waals surface area contributed by atoms with E-state index in [1.807, 2.05) is 36.4 Å². The quantitative estimate of drug-likeness (QED) is 0.349. The first-order valence-corrected chi connectivity index (χ1v) is 9.37. The Labute approximate surface area is 175 Å². The van der Waals surface area contributed by atoms with Gasteiger partial charge in [0.2, 0.25) is 5.89 Å². The van der Waals surface area contributed by atoms with Gasteiger partial charge in [0.25, 0.3) is 0 Å². The number of esters is 1. The third kappa shape index (κ3) is 4.66. The second-order valence-corrected chi connectivity index (χ2v) is 6.70. The molecule has 31 heavy (non-hydrogen) atoms. The van der Waals surface area contributed by atoms with Gasteiger partial charge in [-0.05, 0) is 29.8 Å². The smallest absolute Gasteiger partial charge is 0.416 e. The molecule has 4 aromatic rings. The van der Waals surface area contributed by atoms with Crippen molar-refractivity contribution in [1.29, 1.82) is 0 Å². The Morgan fingerprint density at radius 2 is 1.45 bits per heavy atom. The van der Waals surface area contributed by atoms with Gasteiger partial charge in [-0.15, -0.1) is 0 Å². The van der Waals surface area contributed by atoms with Crippen molar-refractivity contribution in [1.82, 2.24) is 4.98 Å². The zero-order chi connectivity index (χ0) is 21.8. The molecule has 156 valence electrons. The molecule has 1 aromatic heterocycles. The van der Waals surface area contributed by atoms with Gasteiger partial charge in [-0.25, -0.2) is 9.78 Å². The molecule has 7 heteroatoms. The van der Waals surface area contributed by atoms with Crippen LogP contribution in [0, 0.1) is 0 Å². The van der Waals surface area contributed by atoms with Crippen molar-refractivity contribution in [3.05, 3.63) is 102 Å². The van der Waals surface area contributed by atoms with Crippen molar-refractivity contribution >= 4 is 5.97 Å². The zero-order valence-electron chi connectivity index (χ0n) is 16.1. The third-order valence-corrected chi connectivity index (χ3v) is 4.53. The van der Waals surface area contributed by atoms with Crippen LogP contribution < -0.4 is 0 Å². The van der Waals surface area contributed by atoms with Crippen LogP contribution in [0.5, 0.6) is 0 Å². The lowest BCUT2D eigenvalue weighted by atomic mass is 10.1. The summed E-state index contributed by atoms with van der Waals surface area (Å²) in [7, 11) is 0. The predicted octanol–water partition coefficient (Wildman–Crippen LogP) is 6.38. The van der Waals surface area contributed by atoms with Crippen molar-refractivity contribution in [2.75, 3.05) is 0 Å². The maximum absolute atomic E-state index is 12.8. The maximum atomic E-state index is 12.8. The van der Waals surface area contributed by atoms with Crippen LogP contribution in [-0.4, -0.2) is 11.0 Å². The Balaban J connectivity index is 1.67. The van der Waals surface area contributed by atoms with E-state index in [2.05, 4.69) is 4.98 Å². The standard InChI is InChI=1S/C24H16F3NO3/c25-24(26,27)19-13-11-18(12-14-19)22-28-20(21(31-22)17-9-5-2-6-10-17)23(29)30-15-16-7-3-1-4-8-16/h1-14H,15H2. The molecular formula is C24H16F3NO3. The van der Waals surface area contributed by atoms with Gasteiger partial charge in [-0.2, -0.15) is 13.2 Å². The fourth-order valence-electron chi connectivity index (χ4n) is 2.96. The van der Waals surface area contributed by atoms with Crippen LogP contribution in [-0.2, 0) is 17.5 Å². The predicted molar refractivity (Wildman–Crippen MR) is 108 cm³/mol. The SMILES string of the molecule is O=C(OCc1ccccc1)c1nc(-c2ccc(C(F)(F)F)cc2)oc1-c1ccccc1. The summed E-state index contributed by atoms with van der Waals surface area (Å²) in [6.45, 7) is 0.0520. The van der Waals surface area contributed by atoms with Crippen LogP contribution in [0.2, 0.25) is 0 Å². The first-order valence-electron chi connectivity index (χ1n) is 9.37. The van der Waals surface area contributed by atoms with E-state index < -0.39 is 17.7 Å². The van der Waals surface area contributed by atoms with Crippen molar-refractivity contribution in [3.8, 4) is 22.8 Å². The number of carbonyl (C=O) groups is 1. The van der Waals surface area contributed by atoms with Crippen LogP contribution >= 0.6 is 0 Å². The molecule has 4 nitrogen and oxygen atoms in total. The molecule has 0 N–H and O–H groups in total. The average molecular weight is 423 g/mol. The Hall–Kier alpha value is -3.87. The van der Waals surface area contributed by atoms with Crippen molar-refractivity contribution in [3.63, 3.8) is 0 Å². The summed E-state index contributed by atoms with van der Waals surface area (Å²) in [4.78, 5) is 17.0. The number of benzene rings is 3. The highest BCUT2D eigenvalue weighted by Crippen LogP contribution is 2.33. The lowest BCUT2D eigenvalue weighted by Gasteiger charge is -2.06. The molecule has 0 aliphatic carbocycles. The number of rotatable bonds is 5. The summed E-state index contributed by atoms with van der Waals surface area (Å²) >= 11 is 0. The average Bonchev–Trinajstić information content (AvgIpc) is 3.24. The second-order valence-electron chi connectivity index (χ2n) is 6.70. The van der Waals surface area contributed by atoms with Crippen LogP contribution in [0.1, 0.15) is 21.6 Å². The molecule has 0 saturated heterocycles.